The standard InChI is InChI=1S/C18H28N4O/c1-4-22(5-2)12-8-9-14(3)20-18(23)21-17-13-19-16-11-7-6-10-15(16)17/h6-7,10-11,13-14,19H,4-5,8-9,12H2,1-3H3,(H2,20,21,23)/p+1/t14-/m0/s1. The minimum atomic E-state index is -0.141. The predicted molar refractivity (Wildman–Crippen MR) is 96.1 cm³/mol. The summed E-state index contributed by atoms with van der Waals surface area (Å²) in [5, 5.41) is 6.98. The van der Waals surface area contributed by atoms with E-state index in [1.54, 1.807) is 4.90 Å². The lowest BCUT2D eigenvalue weighted by Gasteiger charge is -2.18. The summed E-state index contributed by atoms with van der Waals surface area (Å²) in [5.41, 5.74) is 1.84. The second-order valence-corrected chi connectivity index (χ2v) is 6.10. The van der Waals surface area contributed by atoms with Crippen molar-refractivity contribution in [1.82, 2.24) is 10.3 Å². The average Bonchev–Trinajstić information content (AvgIpc) is 2.94. The summed E-state index contributed by atoms with van der Waals surface area (Å²) in [7, 11) is 0. The van der Waals surface area contributed by atoms with E-state index in [0.29, 0.717) is 0 Å². The molecule has 23 heavy (non-hydrogen) atoms. The lowest BCUT2D eigenvalue weighted by Crippen LogP contribution is -3.11. The van der Waals surface area contributed by atoms with Crippen LogP contribution >= 0.6 is 0 Å². The highest BCUT2D eigenvalue weighted by Gasteiger charge is 2.11. The normalized spacial score (nSPS) is 12.5. The van der Waals surface area contributed by atoms with Gasteiger partial charge in [0, 0.05) is 23.1 Å². The first-order chi connectivity index (χ1) is 11.1. The fourth-order valence-corrected chi connectivity index (χ4v) is 2.89. The fraction of sp³-hybridized carbons (Fsp3) is 0.500. The zero-order valence-corrected chi connectivity index (χ0v) is 14.4. The smallest absolute Gasteiger partial charge is 0.319 e. The Morgan fingerprint density at radius 3 is 2.74 bits per heavy atom. The summed E-state index contributed by atoms with van der Waals surface area (Å²) >= 11 is 0. The topological polar surface area (TPSA) is 61.4 Å². The highest BCUT2D eigenvalue weighted by atomic mass is 16.2. The lowest BCUT2D eigenvalue weighted by molar-refractivity contribution is -0.896. The van der Waals surface area contributed by atoms with E-state index < -0.39 is 0 Å². The number of para-hydroxylation sites is 1. The first-order valence-electron chi connectivity index (χ1n) is 8.61. The molecule has 2 rings (SSSR count). The van der Waals surface area contributed by atoms with Gasteiger partial charge in [-0.2, -0.15) is 0 Å². The van der Waals surface area contributed by atoms with Crippen LogP contribution in [0.25, 0.3) is 10.9 Å². The van der Waals surface area contributed by atoms with E-state index in [0.717, 1.165) is 29.4 Å². The third kappa shape index (κ3) is 4.99. The molecule has 0 spiro atoms. The van der Waals surface area contributed by atoms with E-state index in [-0.39, 0.29) is 12.1 Å². The molecule has 0 radical (unpaired) electrons. The third-order valence-electron chi connectivity index (χ3n) is 4.38. The molecule has 0 aliphatic carbocycles. The van der Waals surface area contributed by atoms with Crippen molar-refractivity contribution in [2.45, 2.75) is 39.7 Å². The largest absolute Gasteiger partial charge is 0.359 e. The Balaban J connectivity index is 1.78. The minimum Gasteiger partial charge on any atom is -0.359 e. The predicted octanol–water partition coefficient (Wildman–Crippen LogP) is 2.38. The quantitative estimate of drug-likeness (QED) is 0.593. The van der Waals surface area contributed by atoms with Gasteiger partial charge in [0.2, 0.25) is 0 Å². The highest BCUT2D eigenvalue weighted by Crippen LogP contribution is 2.22. The Kier molecular flexibility index (Phi) is 6.47. The number of rotatable bonds is 8. The van der Waals surface area contributed by atoms with Crippen LogP contribution in [0.2, 0.25) is 0 Å². The number of hydrogen-bond acceptors (Lipinski definition) is 1. The van der Waals surface area contributed by atoms with Crippen LogP contribution in [0.4, 0.5) is 10.5 Å². The maximum atomic E-state index is 12.1. The van der Waals surface area contributed by atoms with E-state index in [9.17, 15) is 4.79 Å². The molecule has 1 aromatic carbocycles. The molecule has 0 bridgehead atoms. The molecule has 1 aromatic heterocycles. The average molecular weight is 317 g/mol. The van der Waals surface area contributed by atoms with E-state index in [2.05, 4.69) is 36.4 Å². The van der Waals surface area contributed by atoms with Crippen LogP contribution < -0.4 is 15.5 Å². The van der Waals surface area contributed by atoms with E-state index in [1.807, 2.05) is 30.5 Å². The highest BCUT2D eigenvalue weighted by molar-refractivity contribution is 6.00. The number of quaternary nitrogens is 1. The number of anilines is 1. The number of urea groups is 1. The molecule has 5 nitrogen and oxygen atoms in total. The molecule has 0 saturated carbocycles. The first kappa shape index (κ1) is 17.3. The van der Waals surface area contributed by atoms with Gasteiger partial charge in [0.05, 0.1) is 25.3 Å². The van der Waals surface area contributed by atoms with Crippen molar-refractivity contribution in [3.05, 3.63) is 30.5 Å². The zero-order chi connectivity index (χ0) is 16.7. The van der Waals surface area contributed by atoms with Crippen LogP contribution in [-0.2, 0) is 0 Å². The van der Waals surface area contributed by atoms with Crippen LogP contribution in [0.1, 0.15) is 33.6 Å². The monoisotopic (exact) mass is 317 g/mol. The molecule has 0 unspecified atom stereocenters. The maximum absolute atomic E-state index is 12.1. The minimum absolute atomic E-state index is 0.141. The summed E-state index contributed by atoms with van der Waals surface area (Å²) in [5.74, 6) is 0. The van der Waals surface area contributed by atoms with Gasteiger partial charge in [0.25, 0.3) is 0 Å². The van der Waals surface area contributed by atoms with Gasteiger partial charge in [-0.3, -0.25) is 0 Å². The van der Waals surface area contributed by atoms with Gasteiger partial charge in [0.15, 0.2) is 0 Å². The van der Waals surface area contributed by atoms with Crippen molar-refractivity contribution in [2.24, 2.45) is 0 Å². The van der Waals surface area contributed by atoms with Crippen molar-refractivity contribution in [3.63, 3.8) is 0 Å². The molecule has 4 N–H and O–H groups in total. The van der Waals surface area contributed by atoms with Crippen LogP contribution in [0.15, 0.2) is 30.5 Å². The van der Waals surface area contributed by atoms with Crippen LogP contribution in [0, 0.1) is 0 Å². The van der Waals surface area contributed by atoms with Crippen LogP contribution in [-0.4, -0.2) is 36.7 Å². The molecular formula is C18H29N4O+. The second-order valence-electron chi connectivity index (χ2n) is 6.10. The molecular weight excluding hydrogens is 288 g/mol. The molecule has 126 valence electrons. The van der Waals surface area contributed by atoms with E-state index in [4.69, 9.17) is 0 Å². The number of carbonyl (C=O) groups excluding carboxylic acids is 1. The Morgan fingerprint density at radius 2 is 2.00 bits per heavy atom. The Bertz CT molecular complexity index is 618. The number of hydrogen-bond donors (Lipinski definition) is 4. The molecule has 1 atom stereocenters. The number of fused-ring (bicyclic) bond motifs is 1. The zero-order valence-electron chi connectivity index (χ0n) is 14.4. The van der Waals surface area contributed by atoms with Crippen molar-refractivity contribution in [3.8, 4) is 0 Å². The number of benzene rings is 1. The van der Waals surface area contributed by atoms with Gasteiger partial charge < -0.3 is 20.5 Å². The van der Waals surface area contributed by atoms with Gasteiger partial charge in [-0.1, -0.05) is 18.2 Å². The van der Waals surface area contributed by atoms with Gasteiger partial charge >= 0.3 is 6.03 Å². The number of carbonyl (C=O) groups is 1. The van der Waals surface area contributed by atoms with Gasteiger partial charge in [-0.15, -0.1) is 0 Å². The van der Waals surface area contributed by atoms with Crippen molar-refractivity contribution in [2.75, 3.05) is 25.0 Å². The van der Waals surface area contributed by atoms with Gasteiger partial charge in [-0.05, 0) is 39.7 Å². The van der Waals surface area contributed by atoms with Crippen LogP contribution in [0.5, 0.6) is 0 Å². The number of amides is 2. The maximum Gasteiger partial charge on any atom is 0.319 e. The van der Waals surface area contributed by atoms with Crippen LogP contribution in [0.3, 0.4) is 0 Å². The molecule has 1 heterocycles. The summed E-state index contributed by atoms with van der Waals surface area (Å²) in [6, 6.07) is 7.97. The molecule has 0 aliphatic heterocycles. The van der Waals surface area contributed by atoms with Gasteiger partial charge in [0.1, 0.15) is 0 Å². The number of aromatic amines is 1. The fourth-order valence-electron chi connectivity index (χ4n) is 2.89. The summed E-state index contributed by atoms with van der Waals surface area (Å²) in [4.78, 5) is 16.9. The summed E-state index contributed by atoms with van der Waals surface area (Å²) in [6.45, 7) is 10.00. The first-order valence-corrected chi connectivity index (χ1v) is 8.61. The number of aromatic nitrogens is 1. The molecule has 5 heteroatoms. The molecule has 2 amide bonds. The molecule has 0 aliphatic rings. The molecule has 2 aromatic rings. The summed E-state index contributed by atoms with van der Waals surface area (Å²) in [6.07, 6.45) is 3.97. The SMILES string of the molecule is CC[NH+](CC)CCC[C@H](C)NC(=O)Nc1c[nH]c2ccccc12. The Labute approximate surface area is 138 Å². The Morgan fingerprint density at radius 1 is 1.26 bits per heavy atom. The third-order valence-corrected chi connectivity index (χ3v) is 4.38. The van der Waals surface area contributed by atoms with Crippen molar-refractivity contribution < 1.29 is 9.69 Å². The molecule has 0 fully saturated rings. The van der Waals surface area contributed by atoms with Crippen molar-refractivity contribution >= 4 is 22.6 Å². The second kappa shape index (κ2) is 8.58. The Hall–Kier alpha value is -2.01. The summed E-state index contributed by atoms with van der Waals surface area (Å²) < 4.78 is 0. The van der Waals surface area contributed by atoms with Gasteiger partial charge in [-0.25, -0.2) is 4.79 Å². The molecule has 0 saturated heterocycles. The number of H-pyrrole nitrogens is 1. The number of nitrogens with one attached hydrogen (secondary N) is 4. The van der Waals surface area contributed by atoms with Crippen molar-refractivity contribution in [1.29, 1.82) is 0 Å². The van der Waals surface area contributed by atoms with E-state index >= 15 is 0 Å². The van der Waals surface area contributed by atoms with E-state index in [1.165, 1.54) is 19.6 Å². The lowest BCUT2D eigenvalue weighted by atomic mass is 10.2.